The number of unbranched alkanes of at least 4 members (excludes halogenated alkanes) is 3. The number of imide groups is 1. The Bertz CT molecular complexity index is 393. The molecule has 4 nitrogen and oxygen atoms in total. The highest BCUT2D eigenvalue weighted by molar-refractivity contribution is 6.17. The zero-order valence-electron chi connectivity index (χ0n) is 10.8. The molecule has 0 spiro atoms. The van der Waals surface area contributed by atoms with Gasteiger partial charge in [0, 0.05) is 12.4 Å². The average Bonchev–Trinajstić information content (AvgIpc) is 3.06. The summed E-state index contributed by atoms with van der Waals surface area (Å²) in [5, 5.41) is 0. The summed E-state index contributed by atoms with van der Waals surface area (Å²) in [7, 11) is 0. The third kappa shape index (κ3) is 2.11. The van der Waals surface area contributed by atoms with Gasteiger partial charge in [-0.3, -0.25) is 14.5 Å². The molecule has 3 aliphatic rings. The number of amides is 2. The van der Waals surface area contributed by atoms with Crippen molar-refractivity contribution in [2.45, 2.75) is 37.9 Å². The Morgan fingerprint density at radius 2 is 1.58 bits per heavy atom. The molecule has 3 heterocycles. The maximum absolute atomic E-state index is 12.3. The fourth-order valence-electron chi connectivity index (χ4n) is 3.30. The van der Waals surface area contributed by atoms with Crippen LogP contribution in [0.15, 0.2) is 12.2 Å². The van der Waals surface area contributed by atoms with Gasteiger partial charge in [-0.15, -0.1) is 11.6 Å². The van der Waals surface area contributed by atoms with E-state index < -0.39 is 0 Å². The Morgan fingerprint density at radius 3 is 2.16 bits per heavy atom. The molecule has 0 aromatic carbocycles. The summed E-state index contributed by atoms with van der Waals surface area (Å²) in [5.41, 5.74) is 0. The first kappa shape index (κ1) is 13.1. The van der Waals surface area contributed by atoms with E-state index in [0.717, 1.165) is 25.7 Å². The maximum atomic E-state index is 12.3. The molecule has 2 fully saturated rings. The van der Waals surface area contributed by atoms with Gasteiger partial charge in [-0.1, -0.05) is 25.0 Å². The lowest BCUT2D eigenvalue weighted by Crippen LogP contribution is -2.35. The summed E-state index contributed by atoms with van der Waals surface area (Å²) in [6.07, 6.45) is 7.43. The number of hydrogen-bond acceptors (Lipinski definition) is 3. The van der Waals surface area contributed by atoms with Gasteiger partial charge in [0.05, 0.1) is 24.0 Å². The Morgan fingerprint density at radius 1 is 1.00 bits per heavy atom. The topological polar surface area (TPSA) is 46.6 Å². The summed E-state index contributed by atoms with van der Waals surface area (Å²) in [5.74, 6) is 0.0852. The van der Waals surface area contributed by atoms with Gasteiger partial charge >= 0.3 is 0 Å². The van der Waals surface area contributed by atoms with Gasteiger partial charge in [0.25, 0.3) is 0 Å². The normalized spacial score (nSPS) is 35.5. The third-order valence-electron chi connectivity index (χ3n) is 4.27. The van der Waals surface area contributed by atoms with E-state index in [1.54, 1.807) is 0 Å². The van der Waals surface area contributed by atoms with Crippen LogP contribution in [0.4, 0.5) is 0 Å². The van der Waals surface area contributed by atoms with Gasteiger partial charge in [-0.25, -0.2) is 0 Å². The lowest BCUT2D eigenvalue weighted by atomic mass is 9.85. The number of ether oxygens (including phenoxy) is 1. The van der Waals surface area contributed by atoms with Crippen molar-refractivity contribution < 1.29 is 14.3 Å². The first-order chi connectivity index (χ1) is 9.24. The molecule has 104 valence electrons. The molecule has 4 atom stereocenters. The predicted octanol–water partition coefficient (Wildman–Crippen LogP) is 1.72. The van der Waals surface area contributed by atoms with Crippen LogP contribution >= 0.6 is 11.6 Å². The predicted molar refractivity (Wildman–Crippen MR) is 70.7 cm³/mol. The second-order valence-electron chi connectivity index (χ2n) is 5.43. The first-order valence-corrected chi connectivity index (χ1v) is 7.52. The maximum Gasteiger partial charge on any atom is 0.236 e. The minimum absolute atomic E-state index is 0.0378. The van der Waals surface area contributed by atoms with Crippen molar-refractivity contribution >= 4 is 23.4 Å². The molecular weight excluding hydrogens is 266 g/mol. The van der Waals surface area contributed by atoms with Crippen molar-refractivity contribution in [2.24, 2.45) is 11.8 Å². The Labute approximate surface area is 117 Å². The van der Waals surface area contributed by atoms with Gasteiger partial charge < -0.3 is 4.74 Å². The molecule has 0 aliphatic carbocycles. The van der Waals surface area contributed by atoms with Crippen LogP contribution in [0.25, 0.3) is 0 Å². The number of rotatable bonds is 6. The number of nitrogens with zero attached hydrogens (tertiary/aromatic N) is 1. The molecule has 19 heavy (non-hydrogen) atoms. The number of alkyl halides is 1. The lowest BCUT2D eigenvalue weighted by molar-refractivity contribution is -0.142. The summed E-state index contributed by atoms with van der Waals surface area (Å²) < 4.78 is 5.59. The molecular formula is C14H18ClNO3. The van der Waals surface area contributed by atoms with Gasteiger partial charge in [-0.05, 0) is 12.8 Å². The first-order valence-electron chi connectivity index (χ1n) is 6.99. The number of hydrogen-bond donors (Lipinski definition) is 0. The van der Waals surface area contributed by atoms with Crippen molar-refractivity contribution in [3.63, 3.8) is 0 Å². The lowest BCUT2D eigenvalue weighted by Gasteiger charge is -2.17. The second-order valence-corrected chi connectivity index (χ2v) is 5.81. The van der Waals surface area contributed by atoms with Crippen molar-refractivity contribution in [3.8, 4) is 0 Å². The molecule has 0 unspecified atom stereocenters. The SMILES string of the molecule is O=C1[C@@H]2[C@H](C(=O)N1CCCCCCCl)[C@H]1C=C[C@@H]2O1. The van der Waals surface area contributed by atoms with Crippen LogP contribution in [0.3, 0.4) is 0 Å². The largest absolute Gasteiger partial charge is 0.365 e. The standard InChI is InChI=1S/C14H18ClNO3/c15-7-3-1-2-4-8-16-13(17)11-9-5-6-10(19-9)12(11)14(16)18/h5-6,9-12H,1-4,7-8H2/t9-,10+,11-,12+. The van der Waals surface area contributed by atoms with Gasteiger partial charge in [0.1, 0.15) is 0 Å². The number of likely N-dealkylation sites (tertiary alicyclic amines) is 1. The molecule has 0 radical (unpaired) electrons. The molecule has 0 N–H and O–H groups in total. The van der Waals surface area contributed by atoms with E-state index in [9.17, 15) is 9.59 Å². The van der Waals surface area contributed by atoms with Crippen LogP contribution in [0.2, 0.25) is 0 Å². The fraction of sp³-hybridized carbons (Fsp3) is 0.714. The van der Waals surface area contributed by atoms with E-state index in [0.29, 0.717) is 12.4 Å². The fourth-order valence-corrected chi connectivity index (χ4v) is 3.49. The summed E-state index contributed by atoms with van der Waals surface area (Å²) >= 11 is 5.62. The van der Waals surface area contributed by atoms with Gasteiger partial charge in [0.2, 0.25) is 11.8 Å². The van der Waals surface area contributed by atoms with Crippen molar-refractivity contribution in [1.29, 1.82) is 0 Å². The van der Waals surface area contributed by atoms with Crippen LogP contribution in [0, 0.1) is 11.8 Å². The molecule has 2 bridgehead atoms. The van der Waals surface area contributed by atoms with Crippen LogP contribution in [0.1, 0.15) is 25.7 Å². The van der Waals surface area contributed by atoms with Gasteiger partial charge in [0.15, 0.2) is 0 Å². The molecule has 0 saturated carbocycles. The Balaban J connectivity index is 1.57. The van der Waals surface area contributed by atoms with Crippen molar-refractivity contribution in [3.05, 3.63) is 12.2 Å². The Hall–Kier alpha value is -0.870. The highest BCUT2D eigenvalue weighted by atomic mass is 35.5. The monoisotopic (exact) mass is 283 g/mol. The van der Waals surface area contributed by atoms with Crippen LogP contribution < -0.4 is 0 Å². The summed E-state index contributed by atoms with van der Waals surface area (Å²) in [6, 6.07) is 0. The van der Waals surface area contributed by atoms with Crippen LogP contribution in [-0.2, 0) is 14.3 Å². The smallest absolute Gasteiger partial charge is 0.236 e. The van der Waals surface area contributed by atoms with E-state index in [1.807, 2.05) is 12.2 Å². The van der Waals surface area contributed by atoms with E-state index in [-0.39, 0.29) is 35.9 Å². The zero-order valence-corrected chi connectivity index (χ0v) is 11.5. The van der Waals surface area contributed by atoms with E-state index in [2.05, 4.69) is 0 Å². The number of carbonyl (C=O) groups excluding carboxylic acids is 2. The third-order valence-corrected chi connectivity index (χ3v) is 4.53. The van der Waals surface area contributed by atoms with E-state index >= 15 is 0 Å². The molecule has 3 rings (SSSR count). The van der Waals surface area contributed by atoms with Crippen LogP contribution in [-0.4, -0.2) is 41.3 Å². The van der Waals surface area contributed by atoms with Crippen molar-refractivity contribution in [1.82, 2.24) is 4.90 Å². The number of fused-ring (bicyclic) bond motifs is 5. The molecule has 0 aromatic rings. The molecule has 5 heteroatoms. The average molecular weight is 284 g/mol. The van der Waals surface area contributed by atoms with E-state index in [4.69, 9.17) is 16.3 Å². The number of carbonyl (C=O) groups is 2. The van der Waals surface area contributed by atoms with E-state index in [1.165, 1.54) is 4.90 Å². The summed E-state index contributed by atoms with van der Waals surface area (Å²) in [6.45, 7) is 0.548. The quantitative estimate of drug-likeness (QED) is 0.323. The number of halogens is 1. The Kier molecular flexibility index (Phi) is 3.63. The molecule has 2 amide bonds. The second kappa shape index (κ2) is 5.25. The highest BCUT2D eigenvalue weighted by Crippen LogP contribution is 2.45. The molecule has 3 aliphatic heterocycles. The molecule has 2 saturated heterocycles. The van der Waals surface area contributed by atoms with Crippen molar-refractivity contribution in [2.75, 3.05) is 12.4 Å². The minimum Gasteiger partial charge on any atom is -0.365 e. The minimum atomic E-state index is -0.259. The highest BCUT2D eigenvalue weighted by Gasteiger charge is 2.60. The molecule has 0 aromatic heterocycles. The van der Waals surface area contributed by atoms with Gasteiger partial charge in [-0.2, -0.15) is 0 Å². The summed E-state index contributed by atoms with van der Waals surface area (Å²) in [4.78, 5) is 26.0. The van der Waals surface area contributed by atoms with Crippen LogP contribution in [0.5, 0.6) is 0 Å². The zero-order chi connectivity index (χ0) is 13.4.